The molecule has 0 fully saturated rings. The first kappa shape index (κ1) is 11.2. The Labute approximate surface area is 98.7 Å². The fourth-order valence-corrected chi connectivity index (χ4v) is 1.60. The minimum Gasteiger partial charge on any atom is -0.399 e. The molecule has 2 rings (SSSR count). The molecule has 0 aliphatic heterocycles. The number of amides is 1. The number of anilines is 1. The standard InChI is InChI=1S/C13H12N2O2/c14-12-3-1-2-11(8-12)9-4-6-10(7-5-9)13(16)15-17/h1-8,17H,14H2,(H,15,16). The van der Waals surface area contributed by atoms with Gasteiger partial charge in [0.15, 0.2) is 0 Å². The summed E-state index contributed by atoms with van der Waals surface area (Å²) in [7, 11) is 0. The number of benzene rings is 2. The van der Waals surface area contributed by atoms with Gasteiger partial charge in [0, 0.05) is 11.3 Å². The number of carbonyl (C=O) groups is 1. The third kappa shape index (κ3) is 2.43. The molecule has 0 spiro atoms. The molecular formula is C13H12N2O2. The van der Waals surface area contributed by atoms with Crippen LogP contribution in [0.25, 0.3) is 11.1 Å². The summed E-state index contributed by atoms with van der Waals surface area (Å²) < 4.78 is 0. The van der Waals surface area contributed by atoms with Crippen molar-refractivity contribution >= 4 is 11.6 Å². The van der Waals surface area contributed by atoms with Crippen LogP contribution < -0.4 is 11.2 Å². The number of nitrogen functional groups attached to an aromatic ring is 1. The zero-order chi connectivity index (χ0) is 12.3. The average Bonchev–Trinajstić information content (AvgIpc) is 2.38. The Kier molecular flexibility index (Phi) is 3.07. The Morgan fingerprint density at radius 2 is 1.76 bits per heavy atom. The van der Waals surface area contributed by atoms with Crippen LogP contribution in [0.1, 0.15) is 10.4 Å². The molecule has 2 aromatic carbocycles. The molecule has 0 heterocycles. The third-order valence-corrected chi connectivity index (χ3v) is 2.47. The summed E-state index contributed by atoms with van der Waals surface area (Å²) in [6, 6.07) is 14.4. The molecule has 0 saturated heterocycles. The van der Waals surface area contributed by atoms with Crippen LogP contribution in [0.3, 0.4) is 0 Å². The van der Waals surface area contributed by atoms with Crippen LogP contribution in [0, 0.1) is 0 Å². The predicted octanol–water partition coefficient (Wildman–Crippen LogP) is 2.05. The normalized spacial score (nSPS) is 9.94. The molecule has 0 bridgehead atoms. The summed E-state index contributed by atoms with van der Waals surface area (Å²) in [6.07, 6.45) is 0. The van der Waals surface area contributed by atoms with Gasteiger partial charge >= 0.3 is 0 Å². The van der Waals surface area contributed by atoms with Crippen molar-refractivity contribution < 1.29 is 10.0 Å². The summed E-state index contributed by atoms with van der Waals surface area (Å²) in [6.45, 7) is 0. The Morgan fingerprint density at radius 1 is 1.06 bits per heavy atom. The highest BCUT2D eigenvalue weighted by Gasteiger charge is 2.04. The maximum Gasteiger partial charge on any atom is 0.274 e. The van der Waals surface area contributed by atoms with Crippen molar-refractivity contribution in [3.8, 4) is 11.1 Å². The zero-order valence-electron chi connectivity index (χ0n) is 9.05. The van der Waals surface area contributed by atoms with E-state index in [1.165, 1.54) is 0 Å². The van der Waals surface area contributed by atoms with E-state index < -0.39 is 5.91 Å². The van der Waals surface area contributed by atoms with Gasteiger partial charge < -0.3 is 5.73 Å². The molecule has 0 radical (unpaired) electrons. The van der Waals surface area contributed by atoms with Crippen LogP contribution in [-0.2, 0) is 0 Å². The second-order valence-corrected chi connectivity index (χ2v) is 3.64. The van der Waals surface area contributed by atoms with Crippen molar-refractivity contribution in [2.75, 3.05) is 5.73 Å². The molecule has 17 heavy (non-hydrogen) atoms. The quantitative estimate of drug-likeness (QED) is 0.418. The summed E-state index contributed by atoms with van der Waals surface area (Å²) in [4.78, 5) is 11.1. The molecule has 0 aliphatic carbocycles. The lowest BCUT2D eigenvalue weighted by Crippen LogP contribution is -2.18. The Balaban J connectivity index is 2.32. The van der Waals surface area contributed by atoms with E-state index in [4.69, 9.17) is 10.9 Å². The van der Waals surface area contributed by atoms with Crippen LogP contribution >= 0.6 is 0 Å². The number of hydroxylamine groups is 1. The van der Waals surface area contributed by atoms with Crippen molar-refractivity contribution in [3.05, 3.63) is 54.1 Å². The molecule has 1 amide bonds. The highest BCUT2D eigenvalue weighted by atomic mass is 16.5. The van der Waals surface area contributed by atoms with E-state index >= 15 is 0 Å². The smallest absolute Gasteiger partial charge is 0.274 e. The van der Waals surface area contributed by atoms with Gasteiger partial charge in [0.05, 0.1) is 0 Å². The van der Waals surface area contributed by atoms with Gasteiger partial charge in [-0.25, -0.2) is 5.48 Å². The first-order valence-corrected chi connectivity index (χ1v) is 5.11. The van der Waals surface area contributed by atoms with Crippen molar-refractivity contribution in [2.45, 2.75) is 0 Å². The number of carbonyl (C=O) groups excluding carboxylic acids is 1. The third-order valence-electron chi connectivity index (χ3n) is 2.47. The Bertz CT molecular complexity index is 535. The van der Waals surface area contributed by atoms with Gasteiger partial charge in [0.25, 0.3) is 5.91 Å². The largest absolute Gasteiger partial charge is 0.399 e. The second-order valence-electron chi connectivity index (χ2n) is 3.64. The van der Waals surface area contributed by atoms with Crippen LogP contribution in [0.15, 0.2) is 48.5 Å². The summed E-state index contributed by atoms with van der Waals surface area (Å²) in [5.41, 5.74) is 10.3. The van der Waals surface area contributed by atoms with Crippen LogP contribution in [0.2, 0.25) is 0 Å². The van der Waals surface area contributed by atoms with E-state index in [9.17, 15) is 4.79 Å². The number of nitrogens with two attached hydrogens (primary N) is 1. The minimum atomic E-state index is -0.524. The van der Waals surface area contributed by atoms with E-state index in [-0.39, 0.29) is 0 Å². The molecule has 0 atom stereocenters. The second kappa shape index (κ2) is 4.67. The molecule has 4 nitrogen and oxygen atoms in total. The fraction of sp³-hybridized carbons (Fsp3) is 0. The van der Waals surface area contributed by atoms with E-state index in [2.05, 4.69) is 0 Å². The van der Waals surface area contributed by atoms with Gasteiger partial charge in [-0.15, -0.1) is 0 Å². The van der Waals surface area contributed by atoms with Crippen molar-refractivity contribution in [1.82, 2.24) is 5.48 Å². The fourth-order valence-electron chi connectivity index (χ4n) is 1.60. The lowest BCUT2D eigenvalue weighted by molar-refractivity contribution is 0.0706. The Hall–Kier alpha value is -2.33. The van der Waals surface area contributed by atoms with Crippen molar-refractivity contribution in [2.24, 2.45) is 0 Å². The maximum absolute atomic E-state index is 11.1. The molecule has 4 heteroatoms. The summed E-state index contributed by atoms with van der Waals surface area (Å²) in [5, 5.41) is 8.49. The lowest BCUT2D eigenvalue weighted by Gasteiger charge is -2.04. The van der Waals surface area contributed by atoms with Crippen molar-refractivity contribution in [1.29, 1.82) is 0 Å². The molecule has 2 aromatic rings. The zero-order valence-corrected chi connectivity index (χ0v) is 9.05. The lowest BCUT2D eigenvalue weighted by atomic mass is 10.0. The monoisotopic (exact) mass is 228 g/mol. The predicted molar refractivity (Wildman–Crippen MR) is 65.5 cm³/mol. The molecule has 0 unspecified atom stereocenters. The molecule has 86 valence electrons. The minimum absolute atomic E-state index is 0.403. The number of rotatable bonds is 2. The molecule has 0 aromatic heterocycles. The Morgan fingerprint density at radius 3 is 2.35 bits per heavy atom. The highest BCUT2D eigenvalue weighted by molar-refractivity contribution is 5.93. The summed E-state index contributed by atoms with van der Waals surface area (Å²) in [5.74, 6) is -0.524. The first-order valence-electron chi connectivity index (χ1n) is 5.11. The summed E-state index contributed by atoms with van der Waals surface area (Å²) >= 11 is 0. The van der Waals surface area contributed by atoms with Gasteiger partial charge in [-0.05, 0) is 35.4 Å². The number of nitrogens with one attached hydrogen (secondary N) is 1. The van der Waals surface area contributed by atoms with E-state index in [1.54, 1.807) is 29.7 Å². The number of hydrogen-bond donors (Lipinski definition) is 3. The topological polar surface area (TPSA) is 75.4 Å². The maximum atomic E-state index is 11.1. The van der Waals surface area contributed by atoms with Gasteiger partial charge in [-0.2, -0.15) is 0 Å². The highest BCUT2D eigenvalue weighted by Crippen LogP contribution is 2.21. The van der Waals surface area contributed by atoms with Crippen LogP contribution in [-0.4, -0.2) is 11.1 Å². The van der Waals surface area contributed by atoms with E-state index in [1.807, 2.05) is 24.3 Å². The average molecular weight is 228 g/mol. The SMILES string of the molecule is Nc1cccc(-c2ccc(C(=O)NO)cc2)c1. The van der Waals surface area contributed by atoms with Crippen LogP contribution in [0.4, 0.5) is 5.69 Å². The number of hydrogen-bond acceptors (Lipinski definition) is 3. The molecule has 0 aliphatic rings. The van der Waals surface area contributed by atoms with Crippen LogP contribution in [0.5, 0.6) is 0 Å². The van der Waals surface area contributed by atoms with Gasteiger partial charge in [0.1, 0.15) is 0 Å². The van der Waals surface area contributed by atoms with Gasteiger partial charge in [-0.3, -0.25) is 10.0 Å². The van der Waals surface area contributed by atoms with Gasteiger partial charge in [-0.1, -0.05) is 24.3 Å². The molecule has 4 N–H and O–H groups in total. The molecule has 0 saturated carbocycles. The first-order chi connectivity index (χ1) is 8.20. The van der Waals surface area contributed by atoms with Crippen molar-refractivity contribution in [3.63, 3.8) is 0 Å². The van der Waals surface area contributed by atoms with Gasteiger partial charge in [0.2, 0.25) is 0 Å². The van der Waals surface area contributed by atoms with E-state index in [0.717, 1.165) is 11.1 Å². The molecular weight excluding hydrogens is 216 g/mol. The van der Waals surface area contributed by atoms with E-state index in [0.29, 0.717) is 11.3 Å².